The number of halogens is 3. The largest absolute Gasteiger partial charge is 0.411 e. The van der Waals surface area contributed by atoms with Crippen molar-refractivity contribution >= 4 is 46.5 Å². The zero-order chi connectivity index (χ0) is 11.8. The van der Waals surface area contributed by atoms with Gasteiger partial charge in [0.2, 0.25) is 3.79 Å². The van der Waals surface area contributed by atoms with Crippen molar-refractivity contribution in [1.82, 2.24) is 9.38 Å². The van der Waals surface area contributed by atoms with Crippen molar-refractivity contribution in [3.8, 4) is 0 Å². The van der Waals surface area contributed by atoms with Crippen LogP contribution in [0.2, 0.25) is 0 Å². The molecule has 0 saturated heterocycles. The number of nitrogens with zero attached hydrogens (tertiary/aromatic N) is 3. The minimum Gasteiger partial charge on any atom is -0.411 e. The van der Waals surface area contributed by atoms with Gasteiger partial charge in [-0.3, -0.25) is 4.40 Å². The van der Waals surface area contributed by atoms with Gasteiger partial charge in [0, 0.05) is 6.20 Å². The summed E-state index contributed by atoms with van der Waals surface area (Å²) in [6.07, 6.45) is 2.91. The van der Waals surface area contributed by atoms with Gasteiger partial charge < -0.3 is 5.21 Å². The van der Waals surface area contributed by atoms with Crippen LogP contribution in [0.1, 0.15) is 11.5 Å². The number of hydrogen-bond acceptors (Lipinski definition) is 3. The average Bonchev–Trinajstić information content (AvgIpc) is 2.58. The Balaban J connectivity index is 2.77. The fourth-order valence-corrected chi connectivity index (χ4v) is 1.81. The number of hydrogen-bond donors (Lipinski definition) is 1. The van der Waals surface area contributed by atoms with Crippen LogP contribution in [-0.4, -0.2) is 20.8 Å². The molecule has 0 amide bonds. The summed E-state index contributed by atoms with van der Waals surface area (Å²) in [6.45, 7) is 0. The lowest BCUT2D eigenvalue weighted by molar-refractivity contribution is 0.322. The fourth-order valence-electron chi connectivity index (χ4n) is 1.41. The Bertz CT molecular complexity index is 544. The van der Waals surface area contributed by atoms with E-state index in [1.807, 2.05) is 6.07 Å². The molecule has 2 rings (SSSR count). The summed E-state index contributed by atoms with van der Waals surface area (Å²) < 4.78 is -0.00414. The Morgan fingerprint density at radius 3 is 2.75 bits per heavy atom. The lowest BCUT2D eigenvalue weighted by Crippen LogP contribution is -2.06. The third kappa shape index (κ3) is 1.96. The van der Waals surface area contributed by atoms with Gasteiger partial charge in [-0.05, 0) is 12.1 Å². The molecular formula is C9H6Cl3N3O. The summed E-state index contributed by atoms with van der Waals surface area (Å²) in [5, 5.41) is 11.4. The fraction of sp³-hybridized carbons (Fsp3) is 0.111. The van der Waals surface area contributed by atoms with Gasteiger partial charge in [0.1, 0.15) is 5.69 Å². The Morgan fingerprint density at radius 1 is 1.38 bits per heavy atom. The van der Waals surface area contributed by atoms with Gasteiger partial charge in [0.15, 0.2) is 5.82 Å². The summed E-state index contributed by atoms with van der Waals surface area (Å²) in [4.78, 5) is 4.11. The number of oxime groups is 1. The second-order valence-corrected chi connectivity index (χ2v) is 5.30. The maximum atomic E-state index is 8.51. The molecule has 0 unspecified atom stereocenters. The maximum absolute atomic E-state index is 8.51. The Morgan fingerprint density at radius 2 is 2.12 bits per heavy atom. The van der Waals surface area contributed by atoms with Gasteiger partial charge in [-0.2, -0.15) is 0 Å². The molecule has 0 radical (unpaired) electrons. The maximum Gasteiger partial charge on any atom is 0.248 e. The molecule has 7 heteroatoms. The summed E-state index contributed by atoms with van der Waals surface area (Å²) in [7, 11) is 0. The third-order valence-corrected chi connectivity index (χ3v) is 2.52. The van der Waals surface area contributed by atoms with E-state index in [9.17, 15) is 0 Å². The minimum atomic E-state index is -1.63. The van der Waals surface area contributed by atoms with Crippen molar-refractivity contribution < 1.29 is 5.21 Å². The second-order valence-electron chi connectivity index (χ2n) is 3.02. The number of aromatic nitrogens is 2. The van der Waals surface area contributed by atoms with Crippen LogP contribution >= 0.6 is 34.8 Å². The van der Waals surface area contributed by atoms with Crippen molar-refractivity contribution in [3.05, 3.63) is 35.9 Å². The lowest BCUT2D eigenvalue weighted by Gasteiger charge is -2.08. The van der Waals surface area contributed by atoms with E-state index >= 15 is 0 Å². The number of alkyl halides is 3. The quantitative estimate of drug-likeness (QED) is 0.377. The van der Waals surface area contributed by atoms with Crippen LogP contribution in [0, 0.1) is 0 Å². The summed E-state index contributed by atoms with van der Waals surface area (Å²) >= 11 is 17.4. The predicted molar refractivity (Wildman–Crippen MR) is 63.8 cm³/mol. The molecule has 1 N–H and O–H groups in total. The zero-order valence-electron chi connectivity index (χ0n) is 7.81. The smallest absolute Gasteiger partial charge is 0.248 e. The molecule has 0 aliphatic rings. The van der Waals surface area contributed by atoms with Gasteiger partial charge in [-0.1, -0.05) is 46.0 Å². The third-order valence-electron chi connectivity index (χ3n) is 2.01. The highest BCUT2D eigenvalue weighted by atomic mass is 35.6. The van der Waals surface area contributed by atoms with E-state index in [0.29, 0.717) is 11.2 Å². The van der Waals surface area contributed by atoms with Gasteiger partial charge >= 0.3 is 0 Å². The van der Waals surface area contributed by atoms with Crippen LogP contribution in [0.5, 0.6) is 0 Å². The molecule has 0 saturated carbocycles. The molecule has 0 spiro atoms. The summed E-state index contributed by atoms with van der Waals surface area (Å²) in [5.74, 6) is 0.253. The number of pyridine rings is 1. The average molecular weight is 279 g/mol. The van der Waals surface area contributed by atoms with Crippen LogP contribution in [0.4, 0.5) is 0 Å². The van der Waals surface area contributed by atoms with Gasteiger partial charge in [-0.25, -0.2) is 4.98 Å². The van der Waals surface area contributed by atoms with Crippen molar-refractivity contribution in [2.24, 2.45) is 5.16 Å². The molecule has 0 aliphatic carbocycles. The first-order chi connectivity index (χ1) is 7.54. The molecule has 0 atom stereocenters. The SMILES string of the molecule is ON=Cc1nc(C(Cl)(Cl)Cl)n2ccccc12. The normalized spacial score (nSPS) is 12.7. The summed E-state index contributed by atoms with van der Waals surface area (Å²) in [6, 6.07) is 5.38. The molecule has 0 aromatic carbocycles. The van der Waals surface area contributed by atoms with E-state index in [2.05, 4.69) is 10.1 Å². The molecule has 16 heavy (non-hydrogen) atoms. The Hall–Kier alpha value is -0.970. The first-order valence-electron chi connectivity index (χ1n) is 4.26. The zero-order valence-corrected chi connectivity index (χ0v) is 10.1. The minimum absolute atomic E-state index is 0.253. The highest BCUT2D eigenvalue weighted by molar-refractivity contribution is 6.66. The molecule has 0 bridgehead atoms. The first kappa shape index (κ1) is 11.5. The van der Waals surface area contributed by atoms with Crippen LogP contribution in [0.25, 0.3) is 5.52 Å². The van der Waals surface area contributed by atoms with Crippen LogP contribution in [0.3, 0.4) is 0 Å². The Kier molecular flexibility index (Phi) is 2.97. The van der Waals surface area contributed by atoms with Crippen molar-refractivity contribution in [3.63, 3.8) is 0 Å². The molecule has 4 nitrogen and oxygen atoms in total. The van der Waals surface area contributed by atoms with Crippen LogP contribution in [-0.2, 0) is 3.79 Å². The van der Waals surface area contributed by atoms with E-state index in [0.717, 1.165) is 0 Å². The first-order valence-corrected chi connectivity index (χ1v) is 5.39. The second kappa shape index (κ2) is 4.13. The molecule has 84 valence electrons. The number of imidazole rings is 1. The van der Waals surface area contributed by atoms with Gasteiger partial charge in [0.05, 0.1) is 11.7 Å². The van der Waals surface area contributed by atoms with Crippen LogP contribution in [0.15, 0.2) is 29.6 Å². The summed E-state index contributed by atoms with van der Waals surface area (Å²) in [5.41, 5.74) is 1.13. The lowest BCUT2D eigenvalue weighted by atomic mass is 10.3. The van der Waals surface area contributed by atoms with Crippen molar-refractivity contribution in [2.45, 2.75) is 3.79 Å². The molecule has 2 heterocycles. The van der Waals surface area contributed by atoms with Crippen LogP contribution < -0.4 is 0 Å². The molecule has 0 aliphatic heterocycles. The molecule has 2 aromatic heterocycles. The molecular weight excluding hydrogens is 272 g/mol. The highest BCUT2D eigenvalue weighted by Crippen LogP contribution is 2.37. The van der Waals surface area contributed by atoms with E-state index in [4.69, 9.17) is 40.0 Å². The van der Waals surface area contributed by atoms with Crippen molar-refractivity contribution in [1.29, 1.82) is 0 Å². The Labute approximate surface area is 106 Å². The van der Waals surface area contributed by atoms with Gasteiger partial charge in [0.25, 0.3) is 0 Å². The predicted octanol–water partition coefficient (Wildman–Crippen LogP) is 2.97. The van der Waals surface area contributed by atoms with E-state index < -0.39 is 3.79 Å². The monoisotopic (exact) mass is 277 g/mol. The highest BCUT2D eigenvalue weighted by Gasteiger charge is 2.29. The van der Waals surface area contributed by atoms with E-state index in [-0.39, 0.29) is 5.82 Å². The van der Waals surface area contributed by atoms with E-state index in [1.165, 1.54) is 6.21 Å². The number of rotatable bonds is 1. The van der Waals surface area contributed by atoms with E-state index in [1.54, 1.807) is 22.7 Å². The molecule has 2 aromatic rings. The van der Waals surface area contributed by atoms with Crippen molar-refractivity contribution in [2.75, 3.05) is 0 Å². The number of fused-ring (bicyclic) bond motifs is 1. The standard InChI is InChI=1S/C9H6Cl3N3O/c10-9(11,12)8-14-6(5-13-16)7-3-1-2-4-15(7)8/h1-5,16H. The van der Waals surface area contributed by atoms with Gasteiger partial charge in [-0.15, -0.1) is 0 Å². The topological polar surface area (TPSA) is 49.9 Å². The molecule has 0 fully saturated rings.